The van der Waals surface area contributed by atoms with Gasteiger partial charge in [-0.3, -0.25) is 0 Å². The molecule has 0 saturated heterocycles. The number of halogens is 2. The van der Waals surface area contributed by atoms with E-state index in [9.17, 15) is 24.1 Å². The van der Waals surface area contributed by atoms with Crippen LogP contribution in [0.15, 0.2) is 48.5 Å². The van der Waals surface area contributed by atoms with Crippen LogP contribution in [0.2, 0.25) is 0 Å². The van der Waals surface area contributed by atoms with Gasteiger partial charge in [0, 0.05) is 25.1 Å². The Hall–Kier alpha value is -2.06. The van der Waals surface area contributed by atoms with E-state index in [1.165, 1.54) is 6.07 Å². The number of benzene rings is 2. The van der Waals surface area contributed by atoms with Gasteiger partial charge in [0.1, 0.15) is 12.4 Å². The first-order chi connectivity index (χ1) is 14.9. The van der Waals surface area contributed by atoms with Gasteiger partial charge >= 0.3 is 0 Å². The highest BCUT2D eigenvalue weighted by Gasteiger charge is 2.29. The summed E-state index contributed by atoms with van der Waals surface area (Å²) in [6.07, 6.45) is 2.46. The van der Waals surface area contributed by atoms with E-state index in [-0.39, 0.29) is 18.8 Å². The van der Waals surface area contributed by atoms with Crippen molar-refractivity contribution in [3.8, 4) is 5.75 Å². The molecule has 4 N–H and O–H groups in total. The Kier molecular flexibility index (Phi) is 10.9. The normalized spacial score (nSPS) is 12.8. The van der Waals surface area contributed by atoms with Crippen LogP contribution in [-0.2, 0) is 17.8 Å². The summed E-state index contributed by atoms with van der Waals surface area (Å²) in [5, 5.41) is 32.1. The number of nitrogens with one attached hydrogen (secondary N) is 1. The zero-order chi connectivity index (χ0) is 22.5. The zero-order valence-electron chi connectivity index (χ0n) is 17.8. The van der Waals surface area contributed by atoms with Crippen molar-refractivity contribution in [2.45, 2.75) is 50.7 Å². The molecule has 5 nitrogen and oxygen atoms in total. The smallest absolute Gasteiger partial charge is 0.274 e. The summed E-state index contributed by atoms with van der Waals surface area (Å²) in [5.41, 5.74) is 1.63. The fraction of sp³-hybridized carbons (Fsp3) is 0.500. The number of ether oxygens (including phenoxy) is 1. The molecule has 0 aliphatic heterocycles. The maximum Gasteiger partial charge on any atom is 0.274 e. The van der Waals surface area contributed by atoms with Gasteiger partial charge in [-0.15, -0.1) is 0 Å². The number of unbranched alkanes of at least 4 members (excludes halogenated alkanes) is 3. The van der Waals surface area contributed by atoms with Gasteiger partial charge in [-0.05, 0) is 42.6 Å². The molecule has 0 amide bonds. The molecule has 0 radical (unpaired) electrons. The number of alkyl halides is 2. The molecular weight excluding hydrogens is 404 g/mol. The third-order valence-electron chi connectivity index (χ3n) is 5.01. The van der Waals surface area contributed by atoms with E-state index in [0.717, 1.165) is 32.2 Å². The third-order valence-corrected chi connectivity index (χ3v) is 5.01. The fourth-order valence-corrected chi connectivity index (χ4v) is 3.27. The predicted octanol–water partition coefficient (Wildman–Crippen LogP) is 3.96. The Morgan fingerprint density at radius 1 is 1.00 bits per heavy atom. The van der Waals surface area contributed by atoms with Crippen molar-refractivity contribution in [1.82, 2.24) is 5.32 Å². The van der Waals surface area contributed by atoms with Gasteiger partial charge in [0.25, 0.3) is 5.92 Å². The van der Waals surface area contributed by atoms with Crippen molar-refractivity contribution in [2.75, 3.05) is 26.3 Å². The van der Waals surface area contributed by atoms with Crippen LogP contribution in [0.5, 0.6) is 5.75 Å². The molecule has 0 saturated carbocycles. The van der Waals surface area contributed by atoms with Crippen molar-refractivity contribution >= 4 is 0 Å². The maximum atomic E-state index is 13.9. The van der Waals surface area contributed by atoms with E-state index in [2.05, 4.69) is 5.32 Å². The minimum atomic E-state index is -2.86. The summed E-state index contributed by atoms with van der Waals surface area (Å²) < 4.78 is 33.0. The SMILES string of the molecule is OCc1cc(C(O)CNCCCCCCOCC(F)(F)Cc2ccccc2)ccc1O. The second-order valence-electron chi connectivity index (χ2n) is 7.75. The number of rotatable bonds is 15. The molecule has 0 fully saturated rings. The molecule has 172 valence electrons. The molecule has 1 atom stereocenters. The summed E-state index contributed by atoms with van der Waals surface area (Å²) in [7, 11) is 0. The van der Waals surface area contributed by atoms with E-state index in [4.69, 9.17) is 4.74 Å². The standard InChI is InChI=1S/C24H33F2NO4/c25-24(26,15-19-8-4-3-5-9-19)18-31-13-7-2-1-6-12-27-16-23(30)20-10-11-22(29)21(14-20)17-28/h3-5,8-11,14,23,27-30H,1-2,6-7,12-13,15-18H2. The molecule has 7 heteroatoms. The highest BCUT2D eigenvalue weighted by atomic mass is 19.3. The molecule has 1 unspecified atom stereocenters. The predicted molar refractivity (Wildman–Crippen MR) is 116 cm³/mol. The molecule has 0 bridgehead atoms. The zero-order valence-corrected chi connectivity index (χ0v) is 17.8. The highest BCUT2D eigenvalue weighted by molar-refractivity contribution is 5.36. The maximum absolute atomic E-state index is 13.9. The molecule has 2 aromatic carbocycles. The highest BCUT2D eigenvalue weighted by Crippen LogP contribution is 2.22. The average molecular weight is 438 g/mol. The van der Waals surface area contributed by atoms with Gasteiger partial charge in [-0.2, -0.15) is 0 Å². The lowest BCUT2D eigenvalue weighted by molar-refractivity contribution is -0.0765. The summed E-state index contributed by atoms with van der Waals surface area (Å²) in [6, 6.07) is 13.4. The van der Waals surface area contributed by atoms with Gasteiger partial charge in [-0.25, -0.2) is 8.78 Å². The molecule has 0 aliphatic rings. The summed E-state index contributed by atoms with van der Waals surface area (Å²) in [4.78, 5) is 0. The lowest BCUT2D eigenvalue weighted by atomic mass is 10.1. The largest absolute Gasteiger partial charge is 0.508 e. The number of aliphatic hydroxyl groups is 2. The third kappa shape index (κ3) is 9.74. The monoisotopic (exact) mass is 437 g/mol. The minimum absolute atomic E-state index is 0.00954. The van der Waals surface area contributed by atoms with Gasteiger partial charge < -0.3 is 25.4 Å². The molecule has 0 spiro atoms. The van der Waals surface area contributed by atoms with Crippen LogP contribution < -0.4 is 5.32 Å². The van der Waals surface area contributed by atoms with Gasteiger partial charge in [0.15, 0.2) is 0 Å². The molecule has 2 aromatic rings. The number of hydrogen-bond acceptors (Lipinski definition) is 5. The first-order valence-electron chi connectivity index (χ1n) is 10.7. The lowest BCUT2D eigenvalue weighted by Crippen LogP contribution is -2.26. The Labute approximate surface area is 182 Å². The Balaban J connectivity index is 1.48. The molecule has 0 aromatic heterocycles. The molecule has 31 heavy (non-hydrogen) atoms. The summed E-state index contributed by atoms with van der Waals surface area (Å²) in [5.74, 6) is -2.85. The second kappa shape index (κ2) is 13.4. The van der Waals surface area contributed by atoms with Crippen molar-refractivity contribution in [3.63, 3.8) is 0 Å². The van der Waals surface area contributed by atoms with Crippen LogP contribution in [-0.4, -0.2) is 47.5 Å². The quantitative estimate of drug-likeness (QED) is 0.317. The number of aromatic hydroxyl groups is 1. The van der Waals surface area contributed by atoms with E-state index in [1.807, 2.05) is 0 Å². The topological polar surface area (TPSA) is 82.0 Å². The van der Waals surface area contributed by atoms with Crippen molar-refractivity contribution in [2.24, 2.45) is 0 Å². The number of hydrogen-bond donors (Lipinski definition) is 4. The average Bonchev–Trinajstić information content (AvgIpc) is 2.75. The van der Waals surface area contributed by atoms with Crippen molar-refractivity contribution < 1.29 is 28.8 Å². The Bertz CT molecular complexity index is 758. The van der Waals surface area contributed by atoms with Crippen molar-refractivity contribution in [1.29, 1.82) is 0 Å². The molecule has 0 aliphatic carbocycles. The molecular formula is C24H33F2NO4. The summed E-state index contributed by atoms with van der Waals surface area (Å²) in [6.45, 7) is 0.586. The molecule has 2 rings (SSSR count). The Morgan fingerprint density at radius 3 is 2.48 bits per heavy atom. The van der Waals surface area contributed by atoms with Crippen LogP contribution in [0.25, 0.3) is 0 Å². The fourth-order valence-electron chi connectivity index (χ4n) is 3.27. The Morgan fingerprint density at radius 2 is 1.74 bits per heavy atom. The van der Waals surface area contributed by atoms with Gasteiger partial charge in [-0.1, -0.05) is 49.2 Å². The van der Waals surface area contributed by atoms with Crippen LogP contribution in [0, 0.1) is 0 Å². The first-order valence-corrected chi connectivity index (χ1v) is 10.7. The van der Waals surface area contributed by atoms with Crippen LogP contribution in [0.4, 0.5) is 8.78 Å². The second-order valence-corrected chi connectivity index (χ2v) is 7.75. The first kappa shape index (κ1) is 25.2. The van der Waals surface area contributed by atoms with E-state index in [1.54, 1.807) is 42.5 Å². The van der Waals surface area contributed by atoms with E-state index >= 15 is 0 Å². The van der Waals surface area contributed by atoms with Gasteiger partial charge in [0.05, 0.1) is 12.7 Å². The van der Waals surface area contributed by atoms with Crippen LogP contribution in [0.1, 0.15) is 48.5 Å². The summed E-state index contributed by atoms with van der Waals surface area (Å²) >= 11 is 0. The lowest BCUT2D eigenvalue weighted by Gasteiger charge is -2.16. The number of phenols is 1. The van der Waals surface area contributed by atoms with Crippen molar-refractivity contribution in [3.05, 3.63) is 65.2 Å². The van der Waals surface area contributed by atoms with E-state index in [0.29, 0.717) is 29.8 Å². The van der Waals surface area contributed by atoms with Crippen LogP contribution in [0.3, 0.4) is 0 Å². The number of aliphatic hydroxyl groups excluding tert-OH is 2. The van der Waals surface area contributed by atoms with Gasteiger partial charge in [0.2, 0.25) is 0 Å². The van der Waals surface area contributed by atoms with Crippen LogP contribution >= 0.6 is 0 Å². The minimum Gasteiger partial charge on any atom is -0.508 e. The van der Waals surface area contributed by atoms with E-state index < -0.39 is 18.6 Å². The molecule has 0 heterocycles.